The second-order valence-corrected chi connectivity index (χ2v) is 6.05. The number of amides is 2. The monoisotopic (exact) mass is 302 g/mol. The molecule has 6 heteroatoms. The molecule has 0 aromatic heterocycles. The summed E-state index contributed by atoms with van der Waals surface area (Å²) in [6.45, 7) is 2.04. The summed E-state index contributed by atoms with van der Waals surface area (Å²) < 4.78 is 0. The highest BCUT2D eigenvalue weighted by molar-refractivity contribution is 6.31. The number of carbonyl (C=O) groups excluding carboxylic acids is 2. The van der Waals surface area contributed by atoms with Crippen LogP contribution in [-0.2, 0) is 0 Å². The summed E-state index contributed by atoms with van der Waals surface area (Å²) in [6.07, 6.45) is 2.00. The number of rotatable bonds is 2. The molecule has 0 spiro atoms. The lowest BCUT2D eigenvalue weighted by Gasteiger charge is -2.26. The minimum Gasteiger partial charge on any atom is -0.345 e. The smallest absolute Gasteiger partial charge is 0.261 e. The van der Waals surface area contributed by atoms with Gasteiger partial charge >= 0.3 is 0 Å². The van der Waals surface area contributed by atoms with E-state index in [1.165, 1.54) is 4.90 Å². The zero-order chi connectivity index (χ0) is 15.0. The molecule has 0 saturated carbocycles. The van der Waals surface area contributed by atoms with E-state index in [9.17, 15) is 9.59 Å². The van der Waals surface area contributed by atoms with Crippen LogP contribution in [0.25, 0.3) is 0 Å². The van der Waals surface area contributed by atoms with Gasteiger partial charge in [-0.2, -0.15) is 0 Å². The van der Waals surface area contributed by atoms with E-state index >= 15 is 0 Å². The van der Waals surface area contributed by atoms with Crippen LogP contribution in [0.3, 0.4) is 0 Å². The van der Waals surface area contributed by atoms with Gasteiger partial charge in [0.25, 0.3) is 11.8 Å². The van der Waals surface area contributed by atoms with Crippen molar-refractivity contribution in [2.75, 3.05) is 19.6 Å². The fraction of sp³-hybridized carbons (Fsp3) is 0.333. The number of nitrogens with zero attached hydrogens (tertiary/aromatic N) is 2. The van der Waals surface area contributed by atoms with Gasteiger partial charge in [0, 0.05) is 11.6 Å². The standard InChI is InChI=1S/C15H16BClN2O2/c16-18-7-3-4-10(8-18)13(17)9-19-14(20)11-5-1-2-6-12(11)15(19)21/h1-2,5-6H,3-4,7-9,16H2/b13-10+. The Morgan fingerprint density at radius 3 is 2.38 bits per heavy atom. The number of halogens is 1. The van der Waals surface area contributed by atoms with Crippen LogP contribution < -0.4 is 0 Å². The van der Waals surface area contributed by atoms with Crippen LogP contribution in [0.1, 0.15) is 33.6 Å². The molecule has 0 N–H and O–H groups in total. The summed E-state index contributed by atoms with van der Waals surface area (Å²) in [5.74, 6) is -0.503. The number of imide groups is 1. The van der Waals surface area contributed by atoms with Crippen molar-refractivity contribution in [2.24, 2.45) is 0 Å². The van der Waals surface area contributed by atoms with Crippen molar-refractivity contribution in [2.45, 2.75) is 12.8 Å². The predicted molar refractivity (Wildman–Crippen MR) is 84.0 cm³/mol. The van der Waals surface area contributed by atoms with Gasteiger partial charge in [-0.1, -0.05) is 23.7 Å². The second kappa shape index (κ2) is 5.66. The topological polar surface area (TPSA) is 40.6 Å². The predicted octanol–water partition coefficient (Wildman–Crippen LogP) is 1.42. The van der Waals surface area contributed by atoms with Crippen molar-refractivity contribution >= 4 is 31.4 Å². The molecule has 1 aromatic carbocycles. The van der Waals surface area contributed by atoms with Gasteiger partial charge in [-0.15, -0.1) is 0 Å². The summed E-state index contributed by atoms with van der Waals surface area (Å²) in [7, 11) is 2.05. The maximum absolute atomic E-state index is 12.3. The molecule has 2 amide bonds. The number of piperidine rings is 1. The molecule has 1 saturated heterocycles. The Morgan fingerprint density at radius 1 is 1.19 bits per heavy atom. The fourth-order valence-electron chi connectivity index (χ4n) is 2.90. The number of hydrogen-bond donors (Lipinski definition) is 0. The molecule has 2 aliphatic rings. The normalized spacial score (nSPS) is 21.7. The van der Waals surface area contributed by atoms with Crippen molar-refractivity contribution < 1.29 is 9.59 Å². The molecule has 0 radical (unpaired) electrons. The molecule has 1 aromatic rings. The average Bonchev–Trinajstić information content (AvgIpc) is 2.73. The molecular formula is C15H16BClN2O2. The first kappa shape index (κ1) is 14.4. The first-order valence-electron chi connectivity index (χ1n) is 7.08. The molecule has 108 valence electrons. The molecule has 4 nitrogen and oxygen atoms in total. The third kappa shape index (κ3) is 2.63. The highest BCUT2D eigenvalue weighted by Crippen LogP contribution is 2.26. The third-order valence-corrected chi connectivity index (χ3v) is 4.42. The van der Waals surface area contributed by atoms with Gasteiger partial charge in [0.1, 0.15) is 0 Å². The van der Waals surface area contributed by atoms with Crippen molar-refractivity contribution in [3.8, 4) is 0 Å². The Labute approximate surface area is 129 Å². The van der Waals surface area contributed by atoms with Crippen LogP contribution >= 0.6 is 11.6 Å². The highest BCUT2D eigenvalue weighted by atomic mass is 35.5. The number of benzene rings is 1. The van der Waals surface area contributed by atoms with E-state index in [2.05, 4.69) is 4.81 Å². The van der Waals surface area contributed by atoms with Gasteiger partial charge in [0.15, 0.2) is 7.98 Å². The van der Waals surface area contributed by atoms with Crippen molar-refractivity contribution in [3.63, 3.8) is 0 Å². The van der Waals surface area contributed by atoms with Gasteiger partial charge in [-0.05, 0) is 37.1 Å². The van der Waals surface area contributed by atoms with E-state index in [0.717, 1.165) is 31.5 Å². The third-order valence-electron chi connectivity index (χ3n) is 4.04. The van der Waals surface area contributed by atoms with Crippen LogP contribution in [0.4, 0.5) is 0 Å². The summed E-state index contributed by atoms with van der Waals surface area (Å²) >= 11 is 6.39. The zero-order valence-corrected chi connectivity index (χ0v) is 12.7. The molecule has 0 bridgehead atoms. The molecular weight excluding hydrogens is 286 g/mol. The maximum atomic E-state index is 12.3. The van der Waals surface area contributed by atoms with Crippen LogP contribution in [0.2, 0.25) is 0 Å². The maximum Gasteiger partial charge on any atom is 0.261 e. The quantitative estimate of drug-likeness (QED) is 0.613. The Bertz CT molecular complexity index is 609. The van der Waals surface area contributed by atoms with Gasteiger partial charge in [-0.3, -0.25) is 14.5 Å². The lowest BCUT2D eigenvalue weighted by Crippen LogP contribution is -2.33. The Kier molecular flexibility index (Phi) is 3.87. The zero-order valence-electron chi connectivity index (χ0n) is 11.9. The van der Waals surface area contributed by atoms with E-state index in [0.29, 0.717) is 16.2 Å². The largest absolute Gasteiger partial charge is 0.345 e. The highest BCUT2D eigenvalue weighted by Gasteiger charge is 2.35. The van der Waals surface area contributed by atoms with Crippen molar-refractivity contribution in [3.05, 3.63) is 46.0 Å². The van der Waals surface area contributed by atoms with Crippen molar-refractivity contribution in [1.82, 2.24) is 9.71 Å². The Balaban J connectivity index is 1.82. The first-order chi connectivity index (χ1) is 10.1. The Hall–Kier alpha value is -1.59. The van der Waals surface area contributed by atoms with Gasteiger partial charge < -0.3 is 4.81 Å². The van der Waals surface area contributed by atoms with E-state index in [4.69, 9.17) is 11.6 Å². The van der Waals surface area contributed by atoms with Crippen molar-refractivity contribution in [1.29, 1.82) is 0 Å². The molecule has 2 heterocycles. The number of fused-ring (bicyclic) bond motifs is 1. The Morgan fingerprint density at radius 2 is 1.81 bits per heavy atom. The minimum atomic E-state index is -0.251. The minimum absolute atomic E-state index is 0.178. The summed E-state index contributed by atoms with van der Waals surface area (Å²) in [5.41, 5.74) is 2.07. The van der Waals surface area contributed by atoms with E-state index in [1.807, 2.05) is 7.98 Å². The van der Waals surface area contributed by atoms with E-state index in [1.54, 1.807) is 24.3 Å². The lowest BCUT2D eigenvalue weighted by molar-refractivity contribution is 0.0670. The summed E-state index contributed by atoms with van der Waals surface area (Å²) in [5, 5.41) is 0.621. The lowest BCUT2D eigenvalue weighted by atomic mass is 10.0. The fourth-order valence-corrected chi connectivity index (χ4v) is 3.17. The van der Waals surface area contributed by atoms with Gasteiger partial charge in [0.2, 0.25) is 0 Å². The molecule has 21 heavy (non-hydrogen) atoms. The molecule has 1 fully saturated rings. The molecule has 0 aliphatic carbocycles. The molecule has 0 unspecified atom stereocenters. The molecule has 3 rings (SSSR count). The van der Waals surface area contributed by atoms with Crippen LogP contribution in [0.15, 0.2) is 34.9 Å². The van der Waals surface area contributed by atoms with Crippen LogP contribution in [0, 0.1) is 0 Å². The number of carbonyl (C=O) groups is 2. The summed E-state index contributed by atoms with van der Waals surface area (Å²) in [4.78, 5) is 28.0. The molecule has 2 aliphatic heterocycles. The van der Waals surface area contributed by atoms with Crippen LogP contribution in [0.5, 0.6) is 0 Å². The summed E-state index contributed by atoms with van der Waals surface area (Å²) in [6, 6.07) is 6.91. The van der Waals surface area contributed by atoms with Gasteiger partial charge in [-0.25, -0.2) is 0 Å². The first-order valence-corrected chi connectivity index (χ1v) is 7.46. The average molecular weight is 303 g/mol. The van der Waals surface area contributed by atoms with Crippen LogP contribution in [-0.4, -0.2) is 49.1 Å². The second-order valence-electron chi connectivity index (χ2n) is 5.59. The van der Waals surface area contributed by atoms with E-state index in [-0.39, 0.29) is 18.4 Å². The molecule has 0 atom stereocenters. The van der Waals surface area contributed by atoms with E-state index < -0.39 is 0 Å². The van der Waals surface area contributed by atoms with Gasteiger partial charge in [0.05, 0.1) is 17.7 Å². The number of hydrogen-bond acceptors (Lipinski definition) is 3. The SMILES string of the molecule is BN1CCC/C(=C(\Cl)CN2C(=O)c3ccccc3C2=O)C1.